The number of hydrogen-bond donors (Lipinski definition) is 1. The summed E-state index contributed by atoms with van der Waals surface area (Å²) < 4.78 is 12.5. The average Bonchev–Trinajstić information content (AvgIpc) is 3.14. The molecule has 2 heterocycles. The number of nitrogens with one attached hydrogen (secondary N) is 1. The number of ether oxygens (including phenoxy) is 2. The minimum atomic E-state index is 0.562. The highest BCUT2D eigenvalue weighted by molar-refractivity contribution is 5.80. The Bertz CT molecular complexity index is 474. The monoisotopic (exact) mass is 309 g/mol. The number of nitrogens with zero attached hydrogens (tertiary/aromatic N) is 4. The summed E-state index contributed by atoms with van der Waals surface area (Å²) in [5, 5.41) is 7.58. The second-order valence-electron chi connectivity index (χ2n) is 5.52. The zero-order valence-electron chi connectivity index (χ0n) is 13.8. The van der Waals surface area contributed by atoms with E-state index in [1.54, 1.807) is 7.11 Å². The fourth-order valence-corrected chi connectivity index (χ4v) is 2.63. The van der Waals surface area contributed by atoms with Crippen molar-refractivity contribution in [2.24, 2.45) is 18.0 Å². The summed E-state index contributed by atoms with van der Waals surface area (Å²) in [6, 6.07) is 2.01. The minimum absolute atomic E-state index is 0.562. The van der Waals surface area contributed by atoms with Crippen molar-refractivity contribution in [3.63, 3.8) is 0 Å². The molecule has 0 spiro atoms. The van der Waals surface area contributed by atoms with E-state index >= 15 is 0 Å². The smallest absolute Gasteiger partial charge is 0.193 e. The van der Waals surface area contributed by atoms with Crippen LogP contribution in [0.4, 0.5) is 0 Å². The highest BCUT2D eigenvalue weighted by atomic mass is 16.5. The van der Waals surface area contributed by atoms with E-state index in [1.807, 2.05) is 31.0 Å². The molecule has 7 nitrogen and oxygen atoms in total. The van der Waals surface area contributed by atoms with Gasteiger partial charge in [-0.3, -0.25) is 9.67 Å². The third-order valence-corrected chi connectivity index (χ3v) is 3.93. The number of methoxy groups -OCH3 is 1. The van der Waals surface area contributed by atoms with E-state index in [9.17, 15) is 0 Å². The summed E-state index contributed by atoms with van der Waals surface area (Å²) in [7, 11) is 5.47. The van der Waals surface area contributed by atoms with Gasteiger partial charge in [-0.2, -0.15) is 5.10 Å². The molecule has 1 unspecified atom stereocenters. The van der Waals surface area contributed by atoms with Gasteiger partial charge >= 0.3 is 0 Å². The van der Waals surface area contributed by atoms with E-state index in [2.05, 4.69) is 20.3 Å². The molecule has 0 bridgehead atoms. The van der Waals surface area contributed by atoms with Crippen LogP contribution in [0.25, 0.3) is 0 Å². The van der Waals surface area contributed by atoms with Crippen LogP contribution in [0.3, 0.4) is 0 Å². The topological polar surface area (TPSA) is 63.9 Å². The normalized spacial score (nSPS) is 19.0. The SMILES string of the molecule is CN=C(NCc1ccnn1C)N1CCC(COCCOC)C1. The number of aryl methyl sites for hydroxylation is 1. The molecule has 1 fully saturated rings. The maximum absolute atomic E-state index is 5.63. The molecular formula is C15H27N5O2. The Balaban J connectivity index is 1.74. The summed E-state index contributed by atoms with van der Waals surface area (Å²) in [4.78, 5) is 6.68. The van der Waals surface area contributed by atoms with Gasteiger partial charge < -0.3 is 19.7 Å². The highest BCUT2D eigenvalue weighted by Crippen LogP contribution is 2.16. The summed E-state index contributed by atoms with van der Waals surface area (Å²) >= 11 is 0. The van der Waals surface area contributed by atoms with Crippen molar-refractivity contribution >= 4 is 5.96 Å². The van der Waals surface area contributed by atoms with Gasteiger partial charge in [-0.05, 0) is 12.5 Å². The van der Waals surface area contributed by atoms with Crippen LogP contribution in [0.2, 0.25) is 0 Å². The molecule has 1 N–H and O–H groups in total. The molecule has 1 aromatic heterocycles. The van der Waals surface area contributed by atoms with Crippen LogP contribution in [0.15, 0.2) is 17.3 Å². The standard InChI is InChI=1S/C15H27N5O2/c1-16-15(17-10-14-4-6-18-19(14)2)20-7-5-13(11-20)12-22-9-8-21-3/h4,6,13H,5,7-12H2,1-3H3,(H,16,17). The maximum atomic E-state index is 5.63. The lowest BCUT2D eigenvalue weighted by molar-refractivity contribution is 0.0536. The molecule has 0 aromatic carbocycles. The predicted octanol–water partition coefficient (Wildman–Crippen LogP) is 0.480. The van der Waals surface area contributed by atoms with Crippen LogP contribution in [0.5, 0.6) is 0 Å². The van der Waals surface area contributed by atoms with Gasteiger partial charge in [0, 0.05) is 46.4 Å². The van der Waals surface area contributed by atoms with Crippen LogP contribution >= 0.6 is 0 Å². The van der Waals surface area contributed by atoms with Crippen molar-refractivity contribution in [3.05, 3.63) is 18.0 Å². The Morgan fingerprint density at radius 1 is 1.50 bits per heavy atom. The third kappa shape index (κ3) is 4.71. The molecule has 0 aliphatic carbocycles. The third-order valence-electron chi connectivity index (χ3n) is 3.93. The van der Waals surface area contributed by atoms with E-state index in [-0.39, 0.29) is 0 Å². The molecule has 1 aromatic rings. The van der Waals surface area contributed by atoms with Gasteiger partial charge in [0.2, 0.25) is 0 Å². The second kappa shape index (κ2) is 8.75. The zero-order chi connectivity index (χ0) is 15.8. The lowest BCUT2D eigenvalue weighted by Gasteiger charge is -2.21. The largest absolute Gasteiger partial charge is 0.382 e. The van der Waals surface area contributed by atoms with Gasteiger partial charge in [0.25, 0.3) is 0 Å². The van der Waals surface area contributed by atoms with Crippen LogP contribution in [-0.4, -0.2) is 67.7 Å². The first kappa shape index (κ1) is 16.8. The molecule has 1 aliphatic heterocycles. The number of aliphatic imine (C=N–C) groups is 1. The van der Waals surface area contributed by atoms with Crippen molar-refractivity contribution in [2.45, 2.75) is 13.0 Å². The first-order valence-electron chi connectivity index (χ1n) is 7.73. The van der Waals surface area contributed by atoms with Crippen molar-refractivity contribution in [1.82, 2.24) is 20.0 Å². The fraction of sp³-hybridized carbons (Fsp3) is 0.733. The first-order chi connectivity index (χ1) is 10.7. The van der Waals surface area contributed by atoms with Gasteiger partial charge in [0.15, 0.2) is 5.96 Å². The molecule has 1 saturated heterocycles. The van der Waals surface area contributed by atoms with Crippen molar-refractivity contribution in [2.75, 3.05) is 47.1 Å². The Kier molecular flexibility index (Phi) is 6.67. The molecule has 0 radical (unpaired) electrons. The van der Waals surface area contributed by atoms with Gasteiger partial charge in [0.05, 0.1) is 32.1 Å². The molecular weight excluding hydrogens is 282 g/mol. The molecule has 1 aliphatic rings. The van der Waals surface area contributed by atoms with Crippen molar-refractivity contribution < 1.29 is 9.47 Å². The minimum Gasteiger partial charge on any atom is -0.382 e. The lowest BCUT2D eigenvalue weighted by atomic mass is 10.1. The number of rotatable bonds is 7. The van der Waals surface area contributed by atoms with E-state index < -0.39 is 0 Å². The van der Waals surface area contributed by atoms with Crippen molar-refractivity contribution in [1.29, 1.82) is 0 Å². The molecule has 7 heteroatoms. The molecule has 124 valence electrons. The quantitative estimate of drug-likeness (QED) is 0.451. The van der Waals surface area contributed by atoms with E-state index in [0.29, 0.717) is 19.1 Å². The van der Waals surface area contributed by atoms with Gasteiger partial charge in [-0.15, -0.1) is 0 Å². The van der Waals surface area contributed by atoms with Crippen LogP contribution in [0, 0.1) is 5.92 Å². The van der Waals surface area contributed by atoms with E-state index in [1.165, 1.54) is 0 Å². The van der Waals surface area contributed by atoms with E-state index in [4.69, 9.17) is 9.47 Å². The number of hydrogen-bond acceptors (Lipinski definition) is 4. The highest BCUT2D eigenvalue weighted by Gasteiger charge is 2.24. The molecule has 22 heavy (non-hydrogen) atoms. The number of likely N-dealkylation sites (tertiary alicyclic amines) is 1. The molecule has 0 saturated carbocycles. The Labute approximate surface area is 132 Å². The summed E-state index contributed by atoms with van der Waals surface area (Å²) in [6.45, 7) is 4.85. The van der Waals surface area contributed by atoms with Gasteiger partial charge in [0.1, 0.15) is 0 Å². The zero-order valence-corrected chi connectivity index (χ0v) is 13.8. The second-order valence-corrected chi connectivity index (χ2v) is 5.52. The summed E-state index contributed by atoms with van der Waals surface area (Å²) in [6.07, 6.45) is 2.95. The molecule has 1 atom stereocenters. The predicted molar refractivity (Wildman–Crippen MR) is 85.8 cm³/mol. The first-order valence-corrected chi connectivity index (χ1v) is 7.73. The van der Waals surface area contributed by atoms with Crippen molar-refractivity contribution in [3.8, 4) is 0 Å². The lowest BCUT2D eigenvalue weighted by Crippen LogP contribution is -2.40. The van der Waals surface area contributed by atoms with Gasteiger partial charge in [-0.25, -0.2) is 0 Å². The Morgan fingerprint density at radius 2 is 2.36 bits per heavy atom. The maximum Gasteiger partial charge on any atom is 0.193 e. The fourth-order valence-electron chi connectivity index (χ4n) is 2.63. The number of guanidine groups is 1. The van der Waals surface area contributed by atoms with Gasteiger partial charge in [-0.1, -0.05) is 0 Å². The average molecular weight is 309 g/mol. The van der Waals surface area contributed by atoms with E-state index in [0.717, 1.165) is 44.3 Å². The summed E-state index contributed by atoms with van der Waals surface area (Å²) in [5.74, 6) is 1.51. The van der Waals surface area contributed by atoms with Crippen LogP contribution in [-0.2, 0) is 23.1 Å². The molecule has 0 amide bonds. The molecule has 2 rings (SSSR count). The Hall–Kier alpha value is -1.60. The summed E-state index contributed by atoms with van der Waals surface area (Å²) in [5.41, 5.74) is 1.14. The van der Waals surface area contributed by atoms with Crippen LogP contribution in [0.1, 0.15) is 12.1 Å². The van der Waals surface area contributed by atoms with Crippen LogP contribution < -0.4 is 5.32 Å². The Morgan fingerprint density at radius 3 is 3.05 bits per heavy atom. The number of aromatic nitrogens is 2.